The summed E-state index contributed by atoms with van der Waals surface area (Å²) in [6.07, 6.45) is 1.87. The summed E-state index contributed by atoms with van der Waals surface area (Å²) in [6, 6.07) is 6.70. The maximum Gasteiger partial charge on any atom is 0.280 e. The van der Waals surface area contributed by atoms with Crippen LogP contribution in [0.25, 0.3) is 11.2 Å². The summed E-state index contributed by atoms with van der Waals surface area (Å²) in [5, 5.41) is 17.8. The fraction of sp³-hybridized carbons (Fsp3) is 0.312. The minimum absolute atomic E-state index is 0.0553. The first-order chi connectivity index (χ1) is 12.5. The summed E-state index contributed by atoms with van der Waals surface area (Å²) < 4.78 is 6.77. The average Bonchev–Trinajstić information content (AvgIpc) is 3.02. The lowest BCUT2D eigenvalue weighted by Gasteiger charge is -2.12. The number of aromatic amines is 1. The smallest absolute Gasteiger partial charge is 0.280 e. The summed E-state index contributed by atoms with van der Waals surface area (Å²) in [4.78, 5) is 22.0. The predicted molar refractivity (Wildman–Crippen MR) is 97.6 cm³/mol. The molecule has 7 N–H and O–H groups in total. The average molecular weight is 362 g/mol. The fourth-order valence-corrected chi connectivity index (χ4v) is 2.19. The van der Waals surface area contributed by atoms with Crippen molar-refractivity contribution in [3.8, 4) is 5.75 Å². The highest BCUT2D eigenvalue weighted by Gasteiger charge is 2.11. The van der Waals surface area contributed by atoms with Gasteiger partial charge < -0.3 is 31.0 Å². The molecule has 26 heavy (non-hydrogen) atoms. The van der Waals surface area contributed by atoms with E-state index in [4.69, 9.17) is 26.4 Å². The normalized spacial score (nSPS) is 11.8. The molecule has 0 spiro atoms. The molecule has 3 aromatic rings. The van der Waals surface area contributed by atoms with Gasteiger partial charge in [-0.15, -0.1) is 0 Å². The van der Waals surface area contributed by atoms with Crippen LogP contribution in [0, 0.1) is 0 Å². The highest BCUT2D eigenvalue weighted by atomic mass is 16.5. The van der Waals surface area contributed by atoms with Gasteiger partial charge in [-0.05, 0) is 18.6 Å². The molecule has 0 fully saturated rings. The van der Waals surface area contributed by atoms with Gasteiger partial charge in [-0.25, -0.2) is 4.98 Å². The van der Waals surface area contributed by atoms with Gasteiger partial charge in [0, 0.05) is 13.7 Å². The van der Waals surface area contributed by atoms with Gasteiger partial charge in [0.15, 0.2) is 11.2 Å². The lowest BCUT2D eigenvalue weighted by Crippen LogP contribution is -2.18. The van der Waals surface area contributed by atoms with Crippen molar-refractivity contribution in [1.82, 2.24) is 19.5 Å². The summed E-state index contributed by atoms with van der Waals surface area (Å²) >= 11 is 0. The number of phenols is 1. The molecule has 140 valence electrons. The van der Waals surface area contributed by atoms with Crippen molar-refractivity contribution in [3.05, 3.63) is 40.9 Å². The van der Waals surface area contributed by atoms with Crippen LogP contribution >= 0.6 is 0 Å². The number of imidazole rings is 1. The predicted octanol–water partition coefficient (Wildman–Crippen LogP) is 0.0736. The number of ether oxygens (including phenoxy) is 1. The van der Waals surface area contributed by atoms with Crippen LogP contribution in [0.3, 0.4) is 0 Å². The second-order valence-electron chi connectivity index (χ2n) is 5.45. The van der Waals surface area contributed by atoms with Crippen LogP contribution in [0.4, 0.5) is 11.6 Å². The maximum atomic E-state index is 11.5. The number of methoxy groups -OCH3 is 1. The van der Waals surface area contributed by atoms with Crippen LogP contribution in [0.1, 0.15) is 6.42 Å². The number of aromatic hydroxyl groups is 1. The number of aliphatic hydroxyl groups is 1. The van der Waals surface area contributed by atoms with E-state index in [1.165, 1.54) is 13.4 Å². The molecule has 0 aliphatic carbocycles. The van der Waals surface area contributed by atoms with Gasteiger partial charge in [0.1, 0.15) is 5.75 Å². The molecule has 0 unspecified atom stereocenters. The molecule has 0 bridgehead atoms. The van der Waals surface area contributed by atoms with Crippen molar-refractivity contribution in [1.29, 1.82) is 0 Å². The Kier molecular flexibility index (Phi) is 6.53. The first-order valence-electron chi connectivity index (χ1n) is 7.84. The van der Waals surface area contributed by atoms with Gasteiger partial charge in [0.25, 0.3) is 5.56 Å². The number of aliphatic hydroxyl groups excluding tert-OH is 1. The second kappa shape index (κ2) is 8.83. The third-order valence-electron chi connectivity index (χ3n) is 3.66. The van der Waals surface area contributed by atoms with Crippen LogP contribution in [0.15, 0.2) is 35.4 Å². The van der Waals surface area contributed by atoms with Crippen molar-refractivity contribution < 1.29 is 14.9 Å². The van der Waals surface area contributed by atoms with Gasteiger partial charge >= 0.3 is 0 Å². The van der Waals surface area contributed by atoms with Crippen LogP contribution in [-0.2, 0) is 11.3 Å². The zero-order valence-corrected chi connectivity index (χ0v) is 14.3. The van der Waals surface area contributed by atoms with Gasteiger partial charge in [-0.1, -0.05) is 12.1 Å². The number of aryl methyl sites for hydroxylation is 1. The number of hydrogen-bond acceptors (Lipinski definition) is 8. The molecule has 1 aromatic carbocycles. The van der Waals surface area contributed by atoms with Gasteiger partial charge in [0.05, 0.1) is 24.7 Å². The summed E-state index contributed by atoms with van der Waals surface area (Å²) in [5.41, 5.74) is 11.5. The van der Waals surface area contributed by atoms with E-state index in [1.807, 2.05) is 0 Å². The number of rotatable bonds is 5. The van der Waals surface area contributed by atoms with Crippen LogP contribution in [0.5, 0.6) is 5.75 Å². The Bertz CT molecular complexity index is 882. The standard InChI is InChI=1S/C10H15N5O3.C6H7NO/c1-18-6(4-16)2-3-15-5-12-7-8(15)13-10(11)14-9(7)17;7-5-3-1-2-4-6(5)8/h5-6,16H,2-4H2,1H3,(H3,11,13,14,17);1-4,8H,7H2/t6-;/m0./s1. The van der Waals surface area contributed by atoms with Crippen molar-refractivity contribution in [2.45, 2.75) is 19.1 Å². The Hall–Kier alpha value is -3.11. The Morgan fingerprint density at radius 3 is 2.65 bits per heavy atom. The number of H-pyrrole nitrogens is 1. The lowest BCUT2D eigenvalue weighted by molar-refractivity contribution is 0.0405. The zero-order valence-electron chi connectivity index (χ0n) is 14.3. The molecule has 0 aliphatic heterocycles. The van der Waals surface area contributed by atoms with Gasteiger partial charge in [-0.2, -0.15) is 4.98 Å². The topological polar surface area (TPSA) is 165 Å². The van der Waals surface area contributed by atoms with E-state index in [0.717, 1.165) is 0 Å². The summed E-state index contributed by atoms with van der Waals surface area (Å²) in [5.74, 6) is 0.201. The maximum absolute atomic E-state index is 11.5. The van der Waals surface area contributed by atoms with E-state index >= 15 is 0 Å². The fourth-order valence-electron chi connectivity index (χ4n) is 2.19. The number of nitrogen functional groups attached to an aromatic ring is 2. The number of anilines is 2. The van der Waals surface area contributed by atoms with E-state index in [2.05, 4.69) is 15.0 Å². The second-order valence-corrected chi connectivity index (χ2v) is 5.45. The summed E-state index contributed by atoms with van der Waals surface area (Å²) in [7, 11) is 1.54. The van der Waals surface area contributed by atoms with E-state index in [1.54, 1.807) is 28.8 Å². The highest BCUT2D eigenvalue weighted by Crippen LogP contribution is 2.16. The minimum Gasteiger partial charge on any atom is -0.506 e. The Morgan fingerprint density at radius 2 is 2.08 bits per heavy atom. The molecule has 0 radical (unpaired) electrons. The van der Waals surface area contributed by atoms with Gasteiger partial charge in [-0.3, -0.25) is 9.78 Å². The number of aromatic nitrogens is 4. The quantitative estimate of drug-likeness (QED) is 0.314. The molecule has 1 atom stereocenters. The number of fused-ring (bicyclic) bond motifs is 1. The molecule has 2 aromatic heterocycles. The Labute approximate surface area is 149 Å². The van der Waals surface area contributed by atoms with Crippen molar-refractivity contribution in [2.75, 3.05) is 25.2 Å². The van der Waals surface area contributed by atoms with Crippen LogP contribution in [-0.4, -0.2) is 49.6 Å². The van der Waals surface area contributed by atoms with Gasteiger partial charge in [0.2, 0.25) is 5.95 Å². The largest absolute Gasteiger partial charge is 0.506 e. The van der Waals surface area contributed by atoms with E-state index in [9.17, 15) is 4.79 Å². The molecule has 0 saturated heterocycles. The SMILES string of the molecule is CO[C@H](CO)CCn1cnc2c(=O)[nH]c(N)nc21.Nc1ccccc1O. The number of nitrogens with one attached hydrogen (secondary N) is 1. The lowest BCUT2D eigenvalue weighted by atomic mass is 10.2. The molecule has 10 nitrogen and oxygen atoms in total. The van der Waals surface area contributed by atoms with Crippen LogP contribution < -0.4 is 17.0 Å². The monoisotopic (exact) mass is 362 g/mol. The van der Waals surface area contributed by atoms with E-state index in [0.29, 0.717) is 24.3 Å². The van der Waals surface area contributed by atoms with Crippen molar-refractivity contribution >= 4 is 22.8 Å². The molecule has 0 amide bonds. The highest BCUT2D eigenvalue weighted by molar-refractivity contribution is 5.70. The molecule has 3 rings (SSSR count). The molecule has 0 saturated carbocycles. The first kappa shape index (κ1) is 19.2. The number of benzene rings is 1. The van der Waals surface area contributed by atoms with Crippen molar-refractivity contribution in [2.24, 2.45) is 0 Å². The number of nitrogens with two attached hydrogens (primary N) is 2. The molecule has 0 aliphatic rings. The molecule has 10 heteroatoms. The first-order valence-corrected chi connectivity index (χ1v) is 7.84. The molecule has 2 heterocycles. The van der Waals surface area contributed by atoms with E-state index < -0.39 is 0 Å². The number of phenolic OH excluding ortho intramolecular Hbond substituents is 1. The molecular formula is C16H22N6O4. The third kappa shape index (κ3) is 4.71. The number of para-hydroxylation sites is 2. The summed E-state index contributed by atoms with van der Waals surface area (Å²) in [6.45, 7) is 0.477. The minimum atomic E-state index is -0.360. The Morgan fingerprint density at radius 1 is 1.35 bits per heavy atom. The van der Waals surface area contributed by atoms with Crippen molar-refractivity contribution in [3.63, 3.8) is 0 Å². The van der Waals surface area contributed by atoms with E-state index in [-0.39, 0.29) is 35.5 Å². The van der Waals surface area contributed by atoms with Crippen LogP contribution in [0.2, 0.25) is 0 Å². The Balaban J connectivity index is 0.000000254. The number of hydrogen-bond donors (Lipinski definition) is 5. The number of nitrogens with zero attached hydrogens (tertiary/aromatic N) is 3. The zero-order chi connectivity index (χ0) is 19.1. The molecular weight excluding hydrogens is 340 g/mol. The third-order valence-corrected chi connectivity index (χ3v) is 3.66.